The molecule has 0 bridgehead atoms. The molecule has 0 fully saturated rings. The number of benzene rings is 2. The van der Waals surface area contributed by atoms with Gasteiger partial charge in [0, 0.05) is 24.0 Å². The Bertz CT molecular complexity index is 948. The van der Waals surface area contributed by atoms with Crippen molar-refractivity contribution in [3.05, 3.63) is 74.9 Å². The van der Waals surface area contributed by atoms with Crippen LogP contribution in [0.3, 0.4) is 0 Å². The van der Waals surface area contributed by atoms with Gasteiger partial charge in [-0.3, -0.25) is 19.5 Å². The van der Waals surface area contributed by atoms with Gasteiger partial charge in [-0.25, -0.2) is 4.39 Å². The van der Waals surface area contributed by atoms with Gasteiger partial charge in [0.2, 0.25) is 0 Å². The van der Waals surface area contributed by atoms with Crippen LogP contribution in [0.4, 0.5) is 10.1 Å². The molecule has 0 spiro atoms. The van der Waals surface area contributed by atoms with Crippen LogP contribution in [0.5, 0.6) is 5.75 Å². The lowest BCUT2D eigenvalue weighted by Crippen LogP contribution is -2.17. The van der Waals surface area contributed by atoms with E-state index in [1.807, 2.05) is 0 Å². The number of hydrogen-bond acceptors (Lipinski definition) is 4. The highest BCUT2D eigenvalue weighted by molar-refractivity contribution is 5.83. The number of hydrogen-bond donors (Lipinski definition) is 1. The van der Waals surface area contributed by atoms with E-state index in [4.69, 9.17) is 0 Å². The first kappa shape index (κ1) is 13.7. The summed E-state index contributed by atoms with van der Waals surface area (Å²) in [6.07, 6.45) is 1.46. The van der Waals surface area contributed by atoms with Crippen LogP contribution < -0.4 is 5.56 Å². The molecule has 0 aliphatic heterocycles. The SMILES string of the molecule is O=c1c2cc(F)c(O)cc2ccn1-c1ccc([N+](=O)[O-])cc1. The van der Waals surface area contributed by atoms with Crippen LogP contribution in [-0.4, -0.2) is 14.6 Å². The van der Waals surface area contributed by atoms with Gasteiger partial charge in [-0.15, -0.1) is 0 Å². The van der Waals surface area contributed by atoms with Crippen LogP contribution in [0.2, 0.25) is 0 Å². The summed E-state index contributed by atoms with van der Waals surface area (Å²) in [4.78, 5) is 22.5. The molecule has 1 heterocycles. The molecule has 22 heavy (non-hydrogen) atoms. The Labute approximate surface area is 122 Å². The lowest BCUT2D eigenvalue weighted by atomic mass is 10.1. The Morgan fingerprint density at radius 1 is 1.14 bits per heavy atom. The topological polar surface area (TPSA) is 85.4 Å². The molecule has 0 radical (unpaired) electrons. The van der Waals surface area contributed by atoms with Crippen molar-refractivity contribution in [2.45, 2.75) is 0 Å². The first-order valence-electron chi connectivity index (χ1n) is 6.26. The van der Waals surface area contributed by atoms with Crippen molar-refractivity contribution in [2.75, 3.05) is 0 Å². The average molecular weight is 300 g/mol. The van der Waals surface area contributed by atoms with Crippen LogP contribution in [0.25, 0.3) is 16.5 Å². The zero-order valence-corrected chi connectivity index (χ0v) is 11.1. The third kappa shape index (κ3) is 2.18. The molecule has 1 aromatic heterocycles. The number of halogens is 1. The predicted octanol–water partition coefficient (Wildman–Crippen LogP) is 2.74. The van der Waals surface area contributed by atoms with Crippen LogP contribution >= 0.6 is 0 Å². The largest absolute Gasteiger partial charge is 0.505 e. The average Bonchev–Trinajstić information content (AvgIpc) is 2.50. The zero-order valence-electron chi connectivity index (χ0n) is 11.1. The second kappa shape index (κ2) is 4.96. The Hall–Kier alpha value is -3.22. The van der Waals surface area contributed by atoms with E-state index in [0.29, 0.717) is 11.1 Å². The highest BCUT2D eigenvalue weighted by Gasteiger charge is 2.10. The summed E-state index contributed by atoms with van der Waals surface area (Å²) in [5.41, 5.74) is -0.148. The maximum absolute atomic E-state index is 13.4. The van der Waals surface area contributed by atoms with E-state index < -0.39 is 22.0 Å². The fourth-order valence-corrected chi connectivity index (χ4v) is 2.19. The summed E-state index contributed by atoms with van der Waals surface area (Å²) in [6, 6.07) is 9.12. The van der Waals surface area contributed by atoms with E-state index in [-0.39, 0.29) is 11.1 Å². The molecule has 1 N–H and O–H groups in total. The molecule has 110 valence electrons. The van der Waals surface area contributed by atoms with Crippen molar-refractivity contribution in [2.24, 2.45) is 0 Å². The molecule has 0 amide bonds. The molecule has 0 aliphatic carbocycles. The number of phenolic OH excluding ortho intramolecular Hbond substituents is 1. The number of aromatic nitrogens is 1. The molecule has 3 aromatic rings. The van der Waals surface area contributed by atoms with Crippen LogP contribution in [0.1, 0.15) is 0 Å². The van der Waals surface area contributed by atoms with Gasteiger partial charge >= 0.3 is 0 Å². The first-order chi connectivity index (χ1) is 10.5. The first-order valence-corrected chi connectivity index (χ1v) is 6.26. The number of nitro benzene ring substituents is 1. The summed E-state index contributed by atoms with van der Waals surface area (Å²) < 4.78 is 14.7. The van der Waals surface area contributed by atoms with Crippen molar-refractivity contribution in [1.29, 1.82) is 0 Å². The summed E-state index contributed by atoms with van der Waals surface area (Å²) in [5, 5.41) is 20.5. The number of aromatic hydroxyl groups is 1. The number of nitro groups is 1. The van der Waals surface area contributed by atoms with E-state index in [9.17, 15) is 24.4 Å². The molecule has 0 saturated carbocycles. The molecule has 0 unspecified atom stereocenters. The Kier molecular flexibility index (Phi) is 3.10. The Morgan fingerprint density at radius 2 is 1.82 bits per heavy atom. The fourth-order valence-electron chi connectivity index (χ4n) is 2.19. The fraction of sp³-hybridized carbons (Fsp3) is 0. The summed E-state index contributed by atoms with van der Waals surface area (Å²) in [7, 11) is 0. The number of rotatable bonds is 2. The van der Waals surface area contributed by atoms with Crippen molar-refractivity contribution in [3.63, 3.8) is 0 Å². The van der Waals surface area contributed by atoms with Gasteiger partial charge in [0.25, 0.3) is 11.2 Å². The third-order valence-corrected chi connectivity index (χ3v) is 3.31. The molecular formula is C15H9FN2O4. The third-order valence-electron chi connectivity index (χ3n) is 3.31. The molecular weight excluding hydrogens is 291 g/mol. The van der Waals surface area contributed by atoms with Crippen molar-refractivity contribution in [3.8, 4) is 11.4 Å². The molecule has 0 saturated heterocycles. The molecule has 6 nitrogen and oxygen atoms in total. The Morgan fingerprint density at radius 3 is 2.45 bits per heavy atom. The quantitative estimate of drug-likeness (QED) is 0.582. The number of fused-ring (bicyclic) bond motifs is 1. The van der Waals surface area contributed by atoms with Gasteiger partial charge in [0.05, 0.1) is 10.3 Å². The zero-order chi connectivity index (χ0) is 15.9. The van der Waals surface area contributed by atoms with Crippen LogP contribution in [-0.2, 0) is 0 Å². The molecule has 3 rings (SSSR count). The monoisotopic (exact) mass is 300 g/mol. The minimum Gasteiger partial charge on any atom is -0.505 e. The summed E-state index contributed by atoms with van der Waals surface area (Å²) in [5.74, 6) is -1.41. The lowest BCUT2D eigenvalue weighted by Gasteiger charge is -2.07. The van der Waals surface area contributed by atoms with Crippen LogP contribution in [0, 0.1) is 15.9 Å². The van der Waals surface area contributed by atoms with Crippen LogP contribution in [0.15, 0.2) is 53.5 Å². The maximum atomic E-state index is 13.4. The van der Waals surface area contributed by atoms with Crippen molar-refractivity contribution >= 4 is 16.5 Å². The second-order valence-electron chi connectivity index (χ2n) is 4.66. The van der Waals surface area contributed by atoms with E-state index in [2.05, 4.69) is 0 Å². The second-order valence-corrected chi connectivity index (χ2v) is 4.66. The minimum absolute atomic E-state index is 0.0893. The summed E-state index contributed by atoms with van der Waals surface area (Å²) >= 11 is 0. The lowest BCUT2D eigenvalue weighted by molar-refractivity contribution is -0.384. The molecule has 2 aromatic carbocycles. The van der Waals surface area contributed by atoms with Gasteiger partial charge in [-0.2, -0.15) is 0 Å². The number of nitrogens with zero attached hydrogens (tertiary/aromatic N) is 2. The summed E-state index contributed by atoms with van der Waals surface area (Å²) in [6.45, 7) is 0. The molecule has 7 heteroatoms. The van der Waals surface area contributed by atoms with Gasteiger partial charge in [0.1, 0.15) is 0 Å². The number of pyridine rings is 1. The van der Waals surface area contributed by atoms with Gasteiger partial charge in [0.15, 0.2) is 11.6 Å². The normalized spacial score (nSPS) is 10.8. The predicted molar refractivity (Wildman–Crippen MR) is 77.8 cm³/mol. The van der Waals surface area contributed by atoms with Crippen molar-refractivity contribution in [1.82, 2.24) is 4.57 Å². The van der Waals surface area contributed by atoms with E-state index in [1.165, 1.54) is 41.1 Å². The van der Waals surface area contributed by atoms with Gasteiger partial charge in [-0.1, -0.05) is 0 Å². The van der Waals surface area contributed by atoms with Gasteiger partial charge < -0.3 is 5.11 Å². The molecule has 0 aliphatic rings. The standard InChI is InChI=1S/C15H9FN2O4/c16-13-8-12-9(7-14(13)19)5-6-17(15(12)20)10-1-3-11(4-2-10)18(21)22/h1-8,19H. The molecule has 0 atom stereocenters. The highest BCUT2D eigenvalue weighted by atomic mass is 19.1. The number of non-ortho nitro benzene ring substituents is 1. The number of phenols is 1. The Balaban J connectivity index is 2.19. The maximum Gasteiger partial charge on any atom is 0.269 e. The van der Waals surface area contributed by atoms with E-state index >= 15 is 0 Å². The smallest absolute Gasteiger partial charge is 0.269 e. The van der Waals surface area contributed by atoms with Gasteiger partial charge in [-0.05, 0) is 35.7 Å². The minimum atomic E-state index is -0.883. The highest BCUT2D eigenvalue weighted by Crippen LogP contribution is 2.22. The van der Waals surface area contributed by atoms with E-state index in [1.54, 1.807) is 6.07 Å². The van der Waals surface area contributed by atoms with E-state index in [0.717, 1.165) is 6.07 Å². The van der Waals surface area contributed by atoms with Crippen molar-refractivity contribution < 1.29 is 14.4 Å².